The Kier molecular flexibility index (Phi) is 8.68. The SMILES string of the molecule is CCC(=O)[C@H]1CC[C@@]2(COc3nc4c5cnc(c(F)c5n3)-c3c(c(Cl)cc5[nH]ncc35)CCCOC(=O)O[C@@H]3COCCN4C3)C[C@@H](F)CN12. The second-order valence-electron chi connectivity index (χ2n) is 13.4. The van der Waals surface area contributed by atoms with Crippen LogP contribution in [0, 0.1) is 5.82 Å². The van der Waals surface area contributed by atoms with Gasteiger partial charge in [0.1, 0.15) is 41.7 Å². The van der Waals surface area contributed by atoms with Crippen LogP contribution in [0.15, 0.2) is 18.5 Å². The van der Waals surface area contributed by atoms with E-state index < -0.39 is 29.8 Å². The van der Waals surface area contributed by atoms with Crippen LogP contribution >= 0.6 is 11.6 Å². The van der Waals surface area contributed by atoms with Crippen LogP contribution in [0.25, 0.3) is 33.1 Å². The van der Waals surface area contributed by atoms with Crippen LogP contribution in [-0.4, -0.2) is 112 Å². The number of ether oxygens (including phenoxy) is 4. The average molecular weight is 712 g/mol. The molecule has 0 aliphatic carbocycles. The molecule has 4 aromatic rings. The zero-order valence-electron chi connectivity index (χ0n) is 27.4. The average Bonchev–Trinajstić information content (AvgIpc) is 3.73. The van der Waals surface area contributed by atoms with E-state index in [2.05, 4.69) is 20.2 Å². The maximum absolute atomic E-state index is 17.1. The fourth-order valence-corrected chi connectivity index (χ4v) is 8.28. The number of rotatable bonds is 5. The largest absolute Gasteiger partial charge is 0.508 e. The van der Waals surface area contributed by atoms with E-state index >= 15 is 4.39 Å². The van der Waals surface area contributed by atoms with Gasteiger partial charge >= 0.3 is 12.2 Å². The molecule has 0 saturated carbocycles. The molecule has 3 aromatic heterocycles. The highest BCUT2D eigenvalue weighted by Gasteiger charge is 2.55. The molecule has 50 heavy (non-hydrogen) atoms. The third-order valence-corrected chi connectivity index (χ3v) is 10.7. The normalized spacial score (nSPS) is 25.8. The number of pyridine rings is 1. The molecule has 5 aliphatic rings. The zero-order chi connectivity index (χ0) is 34.6. The Labute approximate surface area is 290 Å². The number of benzene rings is 1. The minimum Gasteiger partial charge on any atom is -0.461 e. The first-order valence-corrected chi connectivity index (χ1v) is 17.4. The number of hydrogen-bond acceptors (Lipinski definition) is 12. The van der Waals surface area contributed by atoms with Crippen LogP contribution in [0.3, 0.4) is 0 Å². The molecule has 8 heterocycles. The minimum absolute atomic E-state index is 0.0130. The second-order valence-corrected chi connectivity index (χ2v) is 13.8. The van der Waals surface area contributed by atoms with Crippen molar-refractivity contribution < 1.29 is 37.3 Å². The van der Waals surface area contributed by atoms with E-state index in [0.717, 1.165) is 0 Å². The number of alkyl halides is 1. The van der Waals surface area contributed by atoms with E-state index in [-0.39, 0.29) is 75.0 Å². The number of anilines is 1. The molecule has 6 bridgehead atoms. The summed E-state index contributed by atoms with van der Waals surface area (Å²) in [5.74, 6) is -0.335. The van der Waals surface area contributed by atoms with E-state index in [9.17, 15) is 14.0 Å². The van der Waals surface area contributed by atoms with Gasteiger partial charge < -0.3 is 23.8 Å². The molecule has 5 aliphatic heterocycles. The zero-order valence-corrected chi connectivity index (χ0v) is 28.2. The Morgan fingerprint density at radius 2 is 2.10 bits per heavy atom. The fourth-order valence-electron chi connectivity index (χ4n) is 7.98. The standard InChI is InChI=1S/C34H36ClF2N7O6/c1-2-26(45)25-5-6-34(11-18(36)14-44(25)34)17-49-32-40-29-22-12-38-30(28(29)37)27-20(23(35)10-24-21(27)13-39-42-24)4-3-8-48-33(46)50-19-15-43(31(22)41-32)7-9-47-16-19/h10,12-13,18-19,25H,2-9,11,14-17H2,1H3,(H,39,42)/t18-,19+,25-,34+/m1/s1. The number of hydrogen-bond donors (Lipinski definition) is 1. The lowest BCUT2D eigenvalue weighted by Gasteiger charge is -2.33. The molecule has 0 unspecified atom stereocenters. The molecule has 4 atom stereocenters. The smallest absolute Gasteiger partial charge is 0.461 e. The topological polar surface area (TPSA) is 145 Å². The van der Waals surface area contributed by atoms with Crippen molar-refractivity contribution in [2.45, 2.75) is 69.3 Å². The van der Waals surface area contributed by atoms with Gasteiger partial charge in [0.2, 0.25) is 0 Å². The van der Waals surface area contributed by atoms with Gasteiger partial charge in [-0.05, 0) is 37.3 Å². The van der Waals surface area contributed by atoms with E-state index in [1.807, 2.05) is 16.7 Å². The van der Waals surface area contributed by atoms with Crippen molar-refractivity contribution in [3.8, 4) is 17.3 Å². The highest BCUT2D eigenvalue weighted by molar-refractivity contribution is 6.33. The summed E-state index contributed by atoms with van der Waals surface area (Å²) in [6.45, 7) is 2.92. The molecule has 264 valence electrons. The highest BCUT2D eigenvalue weighted by atomic mass is 35.5. The van der Waals surface area contributed by atoms with Crippen LogP contribution in [0.4, 0.5) is 19.4 Å². The number of halogens is 3. The lowest BCUT2D eigenvalue weighted by Crippen LogP contribution is -2.48. The summed E-state index contributed by atoms with van der Waals surface area (Å²) >= 11 is 6.77. The van der Waals surface area contributed by atoms with Gasteiger partial charge in [0.25, 0.3) is 0 Å². The van der Waals surface area contributed by atoms with Crippen LogP contribution in [-0.2, 0) is 25.4 Å². The number of aromatic nitrogens is 5. The summed E-state index contributed by atoms with van der Waals surface area (Å²) in [5, 5.41) is 8.34. The Morgan fingerprint density at radius 1 is 1.22 bits per heavy atom. The van der Waals surface area contributed by atoms with E-state index in [0.29, 0.717) is 76.9 Å². The number of nitrogens with zero attached hydrogens (tertiary/aromatic N) is 6. The van der Waals surface area contributed by atoms with Crippen LogP contribution in [0.2, 0.25) is 5.02 Å². The molecule has 1 aromatic carbocycles. The second kappa shape index (κ2) is 13.2. The fraction of sp³-hybridized carbons (Fsp3) is 0.529. The van der Waals surface area contributed by atoms with Gasteiger partial charge in [-0.2, -0.15) is 15.1 Å². The number of nitrogens with one attached hydrogen (secondary N) is 1. The molecule has 3 fully saturated rings. The summed E-state index contributed by atoms with van der Waals surface area (Å²) in [7, 11) is 0. The third kappa shape index (κ3) is 5.78. The van der Waals surface area contributed by atoms with Crippen molar-refractivity contribution in [2.24, 2.45) is 0 Å². The highest BCUT2D eigenvalue weighted by Crippen LogP contribution is 2.45. The lowest BCUT2D eigenvalue weighted by atomic mass is 9.94. The van der Waals surface area contributed by atoms with Crippen molar-refractivity contribution in [1.82, 2.24) is 30.0 Å². The molecule has 0 amide bonds. The Hall–Kier alpha value is -4.21. The number of ketones is 1. The van der Waals surface area contributed by atoms with E-state index in [1.165, 1.54) is 6.20 Å². The van der Waals surface area contributed by atoms with Gasteiger partial charge in [0.15, 0.2) is 5.82 Å². The first kappa shape index (κ1) is 33.0. The predicted molar refractivity (Wildman–Crippen MR) is 178 cm³/mol. The number of Topliss-reactive ketones (excluding diaryl/α,β-unsaturated/α-hetero) is 1. The summed E-state index contributed by atoms with van der Waals surface area (Å²) in [6, 6.07) is 1.23. The van der Waals surface area contributed by atoms with Gasteiger partial charge in [-0.3, -0.25) is 19.8 Å². The van der Waals surface area contributed by atoms with E-state index in [1.54, 1.807) is 12.3 Å². The van der Waals surface area contributed by atoms with Crippen molar-refractivity contribution in [1.29, 1.82) is 0 Å². The Balaban J connectivity index is 1.27. The molecule has 13 nitrogen and oxygen atoms in total. The van der Waals surface area contributed by atoms with Gasteiger partial charge in [0, 0.05) is 48.1 Å². The van der Waals surface area contributed by atoms with Crippen LogP contribution in [0.1, 0.15) is 44.6 Å². The third-order valence-electron chi connectivity index (χ3n) is 10.3. The maximum atomic E-state index is 17.1. The Morgan fingerprint density at radius 3 is 2.96 bits per heavy atom. The summed E-state index contributed by atoms with van der Waals surface area (Å²) < 4.78 is 55.1. The number of carbonyl (C=O) groups is 2. The van der Waals surface area contributed by atoms with Crippen LogP contribution < -0.4 is 9.64 Å². The molecule has 1 N–H and O–H groups in total. The first-order chi connectivity index (χ1) is 24.2. The number of aromatic amines is 1. The van der Waals surface area contributed by atoms with Crippen molar-refractivity contribution in [3.05, 3.63) is 34.9 Å². The summed E-state index contributed by atoms with van der Waals surface area (Å²) in [5.41, 5.74) is 0.885. The lowest BCUT2D eigenvalue weighted by molar-refractivity contribution is -0.124. The summed E-state index contributed by atoms with van der Waals surface area (Å²) in [6.07, 6.45) is 2.92. The summed E-state index contributed by atoms with van der Waals surface area (Å²) in [4.78, 5) is 43.2. The number of H-pyrrole nitrogens is 1. The maximum Gasteiger partial charge on any atom is 0.508 e. The molecule has 3 saturated heterocycles. The molecule has 16 heteroatoms. The quantitative estimate of drug-likeness (QED) is 0.279. The number of carbonyl (C=O) groups excluding carboxylic acids is 2. The van der Waals surface area contributed by atoms with Gasteiger partial charge in [-0.1, -0.05) is 18.5 Å². The predicted octanol–water partition coefficient (Wildman–Crippen LogP) is 4.97. The van der Waals surface area contributed by atoms with Gasteiger partial charge in [-0.15, -0.1) is 0 Å². The van der Waals surface area contributed by atoms with Crippen molar-refractivity contribution in [2.75, 3.05) is 51.0 Å². The molecule has 0 spiro atoms. The van der Waals surface area contributed by atoms with E-state index in [4.69, 9.17) is 35.5 Å². The molecular weight excluding hydrogens is 676 g/mol. The number of fused-ring (bicyclic) bond motifs is 8. The van der Waals surface area contributed by atoms with Crippen molar-refractivity contribution >= 4 is 51.2 Å². The Bertz CT molecular complexity index is 1980. The molecular formula is C34H36ClF2N7O6. The van der Waals surface area contributed by atoms with Crippen molar-refractivity contribution in [3.63, 3.8) is 0 Å². The van der Waals surface area contributed by atoms with Crippen LogP contribution in [0.5, 0.6) is 6.01 Å². The minimum atomic E-state index is -1.11. The monoisotopic (exact) mass is 711 g/mol. The first-order valence-electron chi connectivity index (χ1n) is 17.0. The molecule has 0 radical (unpaired) electrons. The molecule has 9 rings (SSSR count). The van der Waals surface area contributed by atoms with Gasteiger partial charge in [0.05, 0.1) is 55.0 Å². The van der Waals surface area contributed by atoms with Gasteiger partial charge in [-0.25, -0.2) is 13.6 Å².